The number of rotatable bonds is 7. The molecule has 2 N–H and O–H groups in total. The lowest BCUT2D eigenvalue weighted by molar-refractivity contribution is 0.262. The highest BCUT2D eigenvalue weighted by atomic mass is 35.5. The summed E-state index contributed by atoms with van der Waals surface area (Å²) in [4.78, 5) is 32.0. The van der Waals surface area contributed by atoms with Crippen LogP contribution in [0.2, 0.25) is 5.02 Å². The van der Waals surface area contributed by atoms with Crippen LogP contribution in [-0.2, 0) is 0 Å². The topological polar surface area (TPSA) is 122 Å². The fraction of sp³-hybridized carbons (Fsp3) is 0.0667. The molecule has 2 amide bonds. The minimum absolute atomic E-state index is 0.135. The molecule has 0 unspecified atom stereocenters. The molecule has 0 atom stereocenters. The number of fused-ring (bicyclic) bond motifs is 1. The Morgan fingerprint density at radius 1 is 0.905 bits per heavy atom. The molecule has 42 heavy (non-hydrogen) atoms. The van der Waals surface area contributed by atoms with E-state index in [4.69, 9.17) is 21.3 Å². The maximum absolute atomic E-state index is 12.7. The maximum atomic E-state index is 12.7. The summed E-state index contributed by atoms with van der Waals surface area (Å²) in [5.41, 5.74) is 5.15. The first kappa shape index (κ1) is 26.7. The molecule has 0 aliphatic heterocycles. The van der Waals surface area contributed by atoms with E-state index in [0.717, 1.165) is 33.7 Å². The molecule has 4 aromatic heterocycles. The van der Waals surface area contributed by atoms with E-state index in [1.807, 2.05) is 73.7 Å². The van der Waals surface area contributed by atoms with E-state index < -0.39 is 6.03 Å². The van der Waals surface area contributed by atoms with Crippen LogP contribution in [0.3, 0.4) is 0 Å². The summed E-state index contributed by atoms with van der Waals surface area (Å²) >= 11 is 6.18. The molecular weight excluding hydrogens is 554 g/mol. The average Bonchev–Trinajstić information content (AvgIpc) is 3.42. The van der Waals surface area contributed by atoms with Gasteiger partial charge >= 0.3 is 12.0 Å². The van der Waals surface area contributed by atoms with Crippen molar-refractivity contribution in [2.24, 2.45) is 0 Å². The van der Waals surface area contributed by atoms with Crippen LogP contribution >= 0.6 is 11.6 Å². The van der Waals surface area contributed by atoms with Gasteiger partial charge in [0.05, 0.1) is 30.0 Å². The van der Waals surface area contributed by atoms with Crippen molar-refractivity contribution in [2.45, 2.75) is 0 Å². The normalized spacial score (nSPS) is 10.8. The molecule has 0 aliphatic rings. The van der Waals surface area contributed by atoms with Crippen molar-refractivity contribution in [1.29, 1.82) is 0 Å². The first-order valence-electron chi connectivity index (χ1n) is 12.8. The van der Waals surface area contributed by atoms with Gasteiger partial charge in [-0.25, -0.2) is 24.3 Å². The molecule has 0 spiro atoms. The van der Waals surface area contributed by atoms with Crippen molar-refractivity contribution in [1.82, 2.24) is 29.5 Å². The van der Waals surface area contributed by atoms with Gasteiger partial charge in [0.2, 0.25) is 0 Å². The Morgan fingerprint density at radius 2 is 1.71 bits per heavy atom. The Hall–Kier alpha value is -5.55. The number of pyridine rings is 1. The number of ether oxygens (including phenoxy) is 1. The SMILES string of the molecule is CN(C)c1ccn2ncc(-c3ccc(Oc4ncc(NC(=O)Nc5cc(Cl)ccc5-c5cccnc5)cn4)cc3)c2n1. The summed E-state index contributed by atoms with van der Waals surface area (Å²) in [6.45, 7) is 0. The number of carbonyl (C=O) groups is 1. The quantitative estimate of drug-likeness (QED) is 0.223. The molecule has 0 saturated carbocycles. The summed E-state index contributed by atoms with van der Waals surface area (Å²) in [6.07, 6.45) is 9.99. The second kappa shape index (κ2) is 11.5. The van der Waals surface area contributed by atoms with E-state index in [2.05, 4.69) is 30.7 Å². The van der Waals surface area contributed by atoms with Crippen LogP contribution in [0.5, 0.6) is 11.8 Å². The average molecular weight is 578 g/mol. The van der Waals surface area contributed by atoms with Gasteiger partial charge in [0.15, 0.2) is 5.65 Å². The Bertz CT molecular complexity index is 1860. The zero-order chi connectivity index (χ0) is 29.1. The van der Waals surface area contributed by atoms with Crippen molar-refractivity contribution in [3.63, 3.8) is 0 Å². The smallest absolute Gasteiger partial charge is 0.323 e. The van der Waals surface area contributed by atoms with Crippen LogP contribution in [0.25, 0.3) is 27.9 Å². The van der Waals surface area contributed by atoms with E-state index in [-0.39, 0.29) is 6.01 Å². The molecule has 0 radical (unpaired) electrons. The monoisotopic (exact) mass is 577 g/mol. The van der Waals surface area contributed by atoms with E-state index in [1.54, 1.807) is 35.2 Å². The minimum atomic E-state index is -0.477. The summed E-state index contributed by atoms with van der Waals surface area (Å²) in [6, 6.07) is 18.0. The standard InChI is InChI=1S/C30H24ClN9O2/c1-39(2)27-11-13-40-28(38-27)25(18-35-40)19-5-8-23(9-6-19)42-30-33-16-22(17-34-30)36-29(41)37-26-14-21(31)7-10-24(26)20-4-3-12-32-15-20/h3-18H,1-2H3,(H2,36,37,41). The zero-order valence-corrected chi connectivity index (χ0v) is 23.3. The van der Waals surface area contributed by atoms with Crippen LogP contribution in [0, 0.1) is 0 Å². The van der Waals surface area contributed by atoms with Crippen LogP contribution in [0.4, 0.5) is 22.0 Å². The number of hydrogen-bond acceptors (Lipinski definition) is 8. The molecule has 4 heterocycles. The Morgan fingerprint density at radius 3 is 2.45 bits per heavy atom. The van der Waals surface area contributed by atoms with Gasteiger partial charge in [0.1, 0.15) is 11.6 Å². The number of nitrogens with one attached hydrogen (secondary N) is 2. The highest BCUT2D eigenvalue weighted by molar-refractivity contribution is 6.31. The second-order valence-electron chi connectivity index (χ2n) is 9.40. The van der Waals surface area contributed by atoms with Crippen LogP contribution < -0.4 is 20.3 Å². The van der Waals surface area contributed by atoms with E-state index >= 15 is 0 Å². The van der Waals surface area contributed by atoms with Crippen LogP contribution in [0.15, 0.2) is 97.8 Å². The summed E-state index contributed by atoms with van der Waals surface area (Å²) in [5, 5.41) is 10.4. The van der Waals surface area contributed by atoms with Crippen molar-refractivity contribution >= 4 is 40.5 Å². The molecule has 12 heteroatoms. The molecule has 0 fully saturated rings. The third kappa shape index (κ3) is 5.81. The lowest BCUT2D eigenvalue weighted by Gasteiger charge is -2.12. The number of hydrogen-bond donors (Lipinski definition) is 2. The number of halogens is 1. The molecule has 6 rings (SSSR count). The van der Waals surface area contributed by atoms with Crippen molar-refractivity contribution in [3.8, 4) is 34.0 Å². The van der Waals surface area contributed by atoms with Gasteiger partial charge in [-0.2, -0.15) is 5.10 Å². The number of nitrogens with zero attached hydrogens (tertiary/aromatic N) is 7. The number of carbonyl (C=O) groups excluding carboxylic acids is 1. The van der Waals surface area contributed by atoms with Gasteiger partial charge in [0, 0.05) is 54.4 Å². The number of anilines is 3. The largest absolute Gasteiger partial charge is 0.424 e. The summed E-state index contributed by atoms with van der Waals surface area (Å²) < 4.78 is 7.55. The fourth-order valence-electron chi connectivity index (χ4n) is 4.23. The van der Waals surface area contributed by atoms with Gasteiger partial charge in [-0.15, -0.1) is 0 Å². The molecule has 11 nitrogen and oxygen atoms in total. The zero-order valence-electron chi connectivity index (χ0n) is 22.6. The number of amides is 2. The number of benzene rings is 2. The predicted molar refractivity (Wildman–Crippen MR) is 162 cm³/mol. The number of aromatic nitrogens is 6. The van der Waals surface area contributed by atoms with Crippen molar-refractivity contribution in [2.75, 3.05) is 29.6 Å². The second-order valence-corrected chi connectivity index (χ2v) is 9.83. The Kier molecular flexibility index (Phi) is 7.31. The lowest BCUT2D eigenvalue weighted by Crippen LogP contribution is -2.20. The Labute approximate surface area is 245 Å². The van der Waals surface area contributed by atoms with Crippen molar-refractivity contribution in [3.05, 3.63) is 103 Å². The third-order valence-corrected chi connectivity index (χ3v) is 6.51. The van der Waals surface area contributed by atoms with Gasteiger partial charge in [-0.05, 0) is 42.0 Å². The minimum Gasteiger partial charge on any atom is -0.424 e. The first-order valence-corrected chi connectivity index (χ1v) is 13.2. The van der Waals surface area contributed by atoms with E-state index in [0.29, 0.717) is 22.1 Å². The molecular formula is C30H24ClN9O2. The van der Waals surface area contributed by atoms with Gasteiger partial charge < -0.3 is 20.3 Å². The van der Waals surface area contributed by atoms with E-state index in [9.17, 15) is 4.79 Å². The molecule has 0 aliphatic carbocycles. The van der Waals surface area contributed by atoms with Crippen LogP contribution in [0.1, 0.15) is 0 Å². The van der Waals surface area contributed by atoms with Crippen molar-refractivity contribution < 1.29 is 9.53 Å². The molecule has 0 bridgehead atoms. The highest BCUT2D eigenvalue weighted by Crippen LogP contribution is 2.31. The third-order valence-electron chi connectivity index (χ3n) is 6.28. The lowest BCUT2D eigenvalue weighted by atomic mass is 10.1. The predicted octanol–water partition coefficient (Wildman–Crippen LogP) is 6.40. The molecule has 0 saturated heterocycles. The van der Waals surface area contributed by atoms with Gasteiger partial charge in [-0.1, -0.05) is 35.9 Å². The highest BCUT2D eigenvalue weighted by Gasteiger charge is 2.12. The molecule has 6 aromatic rings. The van der Waals surface area contributed by atoms with Gasteiger partial charge in [0.25, 0.3) is 0 Å². The first-order chi connectivity index (χ1) is 20.4. The Balaban J connectivity index is 1.11. The summed E-state index contributed by atoms with van der Waals surface area (Å²) in [7, 11) is 3.89. The fourth-order valence-corrected chi connectivity index (χ4v) is 4.40. The van der Waals surface area contributed by atoms with Gasteiger partial charge in [-0.3, -0.25) is 4.98 Å². The summed E-state index contributed by atoms with van der Waals surface area (Å²) in [5.74, 6) is 1.40. The molecule has 208 valence electrons. The number of urea groups is 1. The van der Waals surface area contributed by atoms with Crippen LogP contribution in [-0.4, -0.2) is 49.7 Å². The molecule has 2 aromatic carbocycles. The maximum Gasteiger partial charge on any atom is 0.323 e. The van der Waals surface area contributed by atoms with E-state index in [1.165, 1.54) is 12.4 Å².